The van der Waals surface area contributed by atoms with Crippen LogP contribution in [0.3, 0.4) is 0 Å². The smallest absolute Gasteiger partial charge is 0.249 e. The highest BCUT2D eigenvalue weighted by Gasteiger charge is 2.41. The van der Waals surface area contributed by atoms with Crippen molar-refractivity contribution in [2.45, 2.75) is 24.7 Å². The fourth-order valence-corrected chi connectivity index (χ4v) is 6.01. The molecule has 1 N–H and O–H groups in total. The molecule has 2 amide bonds. The van der Waals surface area contributed by atoms with Gasteiger partial charge in [0.1, 0.15) is 0 Å². The van der Waals surface area contributed by atoms with Crippen molar-refractivity contribution in [3.05, 3.63) is 45.6 Å². The van der Waals surface area contributed by atoms with Gasteiger partial charge in [-0.05, 0) is 32.0 Å². The molecule has 0 bridgehead atoms. The highest BCUT2D eigenvalue weighted by Crippen LogP contribution is 2.50. The Hall–Kier alpha value is -2.05. The highest BCUT2D eigenvalue weighted by molar-refractivity contribution is 8.26. The molecule has 1 aliphatic heterocycles. The van der Waals surface area contributed by atoms with Gasteiger partial charge in [0.15, 0.2) is 5.92 Å². The van der Waals surface area contributed by atoms with Crippen LogP contribution in [0.4, 0.5) is 5.69 Å². The molecule has 6 heteroatoms. The van der Waals surface area contributed by atoms with Crippen LogP contribution in [0.15, 0.2) is 35.2 Å². The lowest BCUT2D eigenvalue weighted by Crippen LogP contribution is -2.39. The molecule has 1 aromatic carbocycles. The summed E-state index contributed by atoms with van der Waals surface area (Å²) < 4.78 is 1.54. The third kappa shape index (κ3) is 2.65. The van der Waals surface area contributed by atoms with E-state index in [-0.39, 0.29) is 11.8 Å². The topological polar surface area (TPSA) is 49.4 Å². The Balaban J connectivity index is 2.01. The minimum absolute atomic E-state index is 0.242. The Morgan fingerprint density at radius 1 is 1.25 bits per heavy atom. The van der Waals surface area contributed by atoms with Crippen molar-refractivity contribution in [2.24, 2.45) is 0 Å². The standard InChI is InChI=1S/C18H20N2O2S2/c1-11-6-8-13(9-7-11)19-17(21)15-16-14(10-12(2)23-16)24(4,5)20(3)18(15)22/h6-10,15H,4-5H2,1-3H3,(H,19,21). The minimum atomic E-state index is -1.88. The van der Waals surface area contributed by atoms with Crippen molar-refractivity contribution in [3.63, 3.8) is 0 Å². The second-order valence-electron chi connectivity index (χ2n) is 6.05. The van der Waals surface area contributed by atoms with Crippen molar-refractivity contribution in [1.29, 1.82) is 0 Å². The number of benzene rings is 1. The number of carbonyl (C=O) groups is 2. The van der Waals surface area contributed by atoms with Crippen molar-refractivity contribution < 1.29 is 9.59 Å². The van der Waals surface area contributed by atoms with Crippen LogP contribution in [-0.2, 0) is 9.59 Å². The molecule has 0 fully saturated rings. The second kappa shape index (κ2) is 5.79. The monoisotopic (exact) mass is 360 g/mol. The van der Waals surface area contributed by atoms with E-state index in [1.54, 1.807) is 11.4 Å². The number of amides is 2. The molecule has 126 valence electrons. The maximum absolute atomic E-state index is 12.8. The number of carbonyl (C=O) groups excluding carboxylic acids is 2. The number of anilines is 1. The SMILES string of the molecule is C=S1(=C)c2cc(C)sc2C(C(=O)Nc2ccc(C)cc2)C(=O)N1C. The molecule has 0 aliphatic carbocycles. The van der Waals surface area contributed by atoms with E-state index >= 15 is 0 Å². The third-order valence-electron chi connectivity index (χ3n) is 4.18. The summed E-state index contributed by atoms with van der Waals surface area (Å²) in [7, 11) is -0.199. The van der Waals surface area contributed by atoms with Gasteiger partial charge in [-0.15, -0.1) is 20.7 Å². The lowest BCUT2D eigenvalue weighted by Gasteiger charge is -2.35. The van der Waals surface area contributed by atoms with Gasteiger partial charge < -0.3 is 5.32 Å². The summed E-state index contributed by atoms with van der Waals surface area (Å²) in [6, 6.07) is 9.52. The average molecular weight is 361 g/mol. The van der Waals surface area contributed by atoms with Gasteiger partial charge in [0, 0.05) is 27.4 Å². The molecule has 0 spiro atoms. The molecule has 0 saturated carbocycles. The van der Waals surface area contributed by atoms with E-state index < -0.39 is 15.3 Å². The van der Waals surface area contributed by atoms with Crippen LogP contribution in [0, 0.1) is 13.8 Å². The van der Waals surface area contributed by atoms with Gasteiger partial charge in [0.25, 0.3) is 0 Å². The van der Waals surface area contributed by atoms with Crippen molar-refractivity contribution in [2.75, 3.05) is 12.4 Å². The van der Waals surface area contributed by atoms with Crippen LogP contribution in [0.25, 0.3) is 0 Å². The number of hydrogen-bond acceptors (Lipinski definition) is 3. The van der Waals surface area contributed by atoms with E-state index in [9.17, 15) is 9.59 Å². The van der Waals surface area contributed by atoms with Crippen molar-refractivity contribution >= 4 is 50.0 Å². The van der Waals surface area contributed by atoms with Gasteiger partial charge in [-0.2, -0.15) is 0 Å². The zero-order valence-corrected chi connectivity index (χ0v) is 15.6. The number of rotatable bonds is 2. The zero-order valence-electron chi connectivity index (χ0n) is 14.0. The molecule has 2 heterocycles. The lowest BCUT2D eigenvalue weighted by atomic mass is 10.1. The Morgan fingerprint density at radius 3 is 2.50 bits per heavy atom. The number of fused-ring (bicyclic) bond motifs is 1. The molecule has 1 aromatic heterocycles. The molecule has 0 radical (unpaired) electrons. The molecule has 4 nitrogen and oxygen atoms in total. The first-order valence-electron chi connectivity index (χ1n) is 7.47. The summed E-state index contributed by atoms with van der Waals surface area (Å²) >= 11 is 1.48. The maximum atomic E-state index is 12.8. The highest BCUT2D eigenvalue weighted by atomic mass is 32.2. The summed E-state index contributed by atoms with van der Waals surface area (Å²) in [5.74, 6) is 6.92. The van der Waals surface area contributed by atoms with Gasteiger partial charge in [-0.25, -0.2) is 0 Å². The fourth-order valence-electron chi connectivity index (χ4n) is 2.70. The van der Waals surface area contributed by atoms with Crippen molar-refractivity contribution in [1.82, 2.24) is 4.31 Å². The van der Waals surface area contributed by atoms with E-state index in [1.165, 1.54) is 11.3 Å². The molecule has 2 aromatic rings. The normalized spacial score (nSPS) is 19.0. The van der Waals surface area contributed by atoms with E-state index in [0.717, 1.165) is 20.2 Å². The van der Waals surface area contributed by atoms with Gasteiger partial charge in [0.05, 0.1) is 0 Å². The second-order valence-corrected chi connectivity index (χ2v) is 10.0. The zero-order chi connectivity index (χ0) is 17.6. The summed E-state index contributed by atoms with van der Waals surface area (Å²) in [6.45, 7) is 3.95. The first kappa shape index (κ1) is 16.8. The fraction of sp³-hybridized carbons (Fsp3) is 0.222. The molecule has 3 rings (SSSR count). The first-order chi connectivity index (χ1) is 11.2. The summed E-state index contributed by atoms with van der Waals surface area (Å²) in [5, 5.41) is 2.86. The Morgan fingerprint density at radius 2 is 1.88 bits per heavy atom. The predicted molar refractivity (Wildman–Crippen MR) is 104 cm³/mol. The lowest BCUT2D eigenvalue weighted by molar-refractivity contribution is -0.132. The predicted octanol–water partition coefficient (Wildman–Crippen LogP) is 3.50. The van der Waals surface area contributed by atoms with Gasteiger partial charge in [-0.1, -0.05) is 29.4 Å². The van der Waals surface area contributed by atoms with Crippen molar-refractivity contribution in [3.8, 4) is 0 Å². The van der Waals surface area contributed by atoms with E-state index in [4.69, 9.17) is 0 Å². The minimum Gasteiger partial charge on any atom is -0.325 e. The van der Waals surface area contributed by atoms with Gasteiger partial charge in [0.2, 0.25) is 11.8 Å². The van der Waals surface area contributed by atoms with E-state index in [1.807, 2.05) is 44.2 Å². The van der Waals surface area contributed by atoms with Crippen LogP contribution in [0.1, 0.15) is 21.2 Å². The first-order valence-corrected chi connectivity index (χ1v) is 10.2. The number of hydrogen-bond donors (Lipinski definition) is 1. The van der Waals surface area contributed by atoms with Gasteiger partial charge in [-0.3, -0.25) is 13.9 Å². The Kier molecular flexibility index (Phi) is 4.05. The molecule has 1 aliphatic rings. The van der Waals surface area contributed by atoms with Crippen LogP contribution in [0.2, 0.25) is 0 Å². The number of aryl methyl sites for hydroxylation is 2. The third-order valence-corrected chi connectivity index (χ3v) is 7.81. The largest absolute Gasteiger partial charge is 0.325 e. The summed E-state index contributed by atoms with van der Waals surface area (Å²) in [6.07, 6.45) is 0. The summed E-state index contributed by atoms with van der Waals surface area (Å²) in [4.78, 5) is 28.4. The number of thiophene rings is 1. The average Bonchev–Trinajstić information content (AvgIpc) is 2.90. The number of likely N-dealkylation sites (N-methyl/N-ethyl adjacent to an activating group) is 1. The molecular formula is C18H20N2O2S2. The Bertz CT molecular complexity index is 924. The number of nitrogens with zero attached hydrogens (tertiary/aromatic N) is 1. The van der Waals surface area contributed by atoms with Crippen LogP contribution < -0.4 is 5.32 Å². The summed E-state index contributed by atoms with van der Waals surface area (Å²) in [5.41, 5.74) is 1.80. The molecule has 24 heavy (non-hydrogen) atoms. The molecule has 1 unspecified atom stereocenters. The van der Waals surface area contributed by atoms with Crippen LogP contribution in [0.5, 0.6) is 0 Å². The molecule has 0 saturated heterocycles. The van der Waals surface area contributed by atoms with E-state index in [0.29, 0.717) is 5.69 Å². The van der Waals surface area contributed by atoms with Crippen LogP contribution >= 0.6 is 20.7 Å². The number of nitrogens with one attached hydrogen (secondary N) is 1. The molecule has 1 atom stereocenters. The molecular weight excluding hydrogens is 340 g/mol. The van der Waals surface area contributed by atoms with E-state index in [2.05, 4.69) is 17.1 Å². The Labute approximate surface area is 146 Å². The van der Waals surface area contributed by atoms with Gasteiger partial charge >= 0.3 is 0 Å². The quantitative estimate of drug-likeness (QED) is 0.658. The maximum Gasteiger partial charge on any atom is 0.249 e. The van der Waals surface area contributed by atoms with Crippen LogP contribution in [-0.4, -0.2) is 34.9 Å².